The van der Waals surface area contributed by atoms with Gasteiger partial charge in [-0.3, -0.25) is 4.68 Å². The van der Waals surface area contributed by atoms with E-state index in [4.69, 9.17) is 9.84 Å². The van der Waals surface area contributed by atoms with Gasteiger partial charge in [0.1, 0.15) is 11.6 Å². The molecule has 0 bridgehead atoms. The molecule has 0 spiro atoms. The Morgan fingerprint density at radius 1 is 1.13 bits per heavy atom. The maximum atomic E-state index is 14.0. The number of hydrogen-bond acceptors (Lipinski definition) is 4. The minimum Gasteiger partial charge on any atom is -0.497 e. The number of likely N-dealkylation sites (tertiary alicyclic amines) is 1. The SMILES string of the molecule is CCn1nc(Cc2ccc(OC)cc2)cc1C1CCN(CC2CC(=CC(=O)O)CC2c2cccc(F)c2)CC1. The Balaban J connectivity index is 1.23. The zero-order chi connectivity index (χ0) is 27.4. The zero-order valence-electron chi connectivity index (χ0n) is 22.9. The highest BCUT2D eigenvalue weighted by Gasteiger charge is 2.34. The highest BCUT2D eigenvalue weighted by molar-refractivity contribution is 5.80. The molecule has 1 saturated heterocycles. The molecule has 39 heavy (non-hydrogen) atoms. The summed E-state index contributed by atoms with van der Waals surface area (Å²) in [5, 5.41) is 14.2. The van der Waals surface area contributed by atoms with Crippen LogP contribution in [0.5, 0.6) is 5.75 Å². The van der Waals surface area contributed by atoms with E-state index in [9.17, 15) is 14.3 Å². The molecule has 1 aromatic heterocycles. The summed E-state index contributed by atoms with van der Waals surface area (Å²) in [6, 6.07) is 17.3. The molecule has 2 unspecified atom stereocenters. The second kappa shape index (κ2) is 12.2. The average molecular weight is 532 g/mol. The van der Waals surface area contributed by atoms with Gasteiger partial charge < -0.3 is 14.7 Å². The van der Waals surface area contributed by atoms with Crippen molar-refractivity contribution in [1.29, 1.82) is 0 Å². The van der Waals surface area contributed by atoms with E-state index in [1.165, 1.54) is 23.4 Å². The molecule has 2 atom stereocenters. The highest BCUT2D eigenvalue weighted by Crippen LogP contribution is 2.44. The maximum Gasteiger partial charge on any atom is 0.328 e. The number of carboxylic acid groups (broad SMARTS) is 1. The lowest BCUT2D eigenvalue weighted by Crippen LogP contribution is -2.37. The Morgan fingerprint density at radius 2 is 1.90 bits per heavy atom. The molecule has 0 amide bonds. The second-order valence-corrected chi connectivity index (χ2v) is 10.9. The van der Waals surface area contributed by atoms with Crippen LogP contribution in [0.3, 0.4) is 0 Å². The summed E-state index contributed by atoms with van der Waals surface area (Å²) in [5.74, 6) is 0.630. The lowest BCUT2D eigenvalue weighted by Gasteiger charge is -2.35. The molecule has 1 N–H and O–H groups in total. The largest absolute Gasteiger partial charge is 0.497 e. The molecular weight excluding hydrogens is 493 g/mol. The van der Waals surface area contributed by atoms with Gasteiger partial charge in [-0.2, -0.15) is 5.10 Å². The first-order valence-corrected chi connectivity index (χ1v) is 14.0. The summed E-state index contributed by atoms with van der Waals surface area (Å²) in [6.07, 6.45) is 5.74. The molecule has 2 aromatic carbocycles. The highest BCUT2D eigenvalue weighted by atomic mass is 19.1. The fraction of sp³-hybridized carbons (Fsp3) is 0.438. The van der Waals surface area contributed by atoms with Crippen molar-refractivity contribution in [3.05, 3.63) is 94.6 Å². The summed E-state index contributed by atoms with van der Waals surface area (Å²) >= 11 is 0. The molecule has 7 heteroatoms. The van der Waals surface area contributed by atoms with Crippen LogP contribution in [0.2, 0.25) is 0 Å². The number of halogens is 1. The van der Waals surface area contributed by atoms with Crippen molar-refractivity contribution in [2.24, 2.45) is 5.92 Å². The van der Waals surface area contributed by atoms with Crippen molar-refractivity contribution in [3.8, 4) is 5.75 Å². The topological polar surface area (TPSA) is 67.6 Å². The van der Waals surface area contributed by atoms with Gasteiger partial charge in [-0.15, -0.1) is 0 Å². The molecule has 0 radical (unpaired) electrons. The number of aryl methyl sites for hydroxylation is 1. The van der Waals surface area contributed by atoms with E-state index in [0.29, 0.717) is 12.3 Å². The monoisotopic (exact) mass is 531 g/mol. The zero-order valence-corrected chi connectivity index (χ0v) is 22.9. The van der Waals surface area contributed by atoms with Gasteiger partial charge in [0.25, 0.3) is 0 Å². The Bertz CT molecular complexity index is 1310. The van der Waals surface area contributed by atoms with Crippen LogP contribution in [-0.4, -0.2) is 52.5 Å². The molecule has 2 aliphatic rings. The van der Waals surface area contributed by atoms with Crippen LogP contribution in [0.15, 0.2) is 66.2 Å². The number of hydrogen-bond donors (Lipinski definition) is 1. The molecule has 1 aliphatic heterocycles. The first-order valence-electron chi connectivity index (χ1n) is 14.0. The van der Waals surface area contributed by atoms with Crippen LogP contribution >= 0.6 is 0 Å². The third kappa shape index (κ3) is 6.59. The Morgan fingerprint density at radius 3 is 2.56 bits per heavy atom. The van der Waals surface area contributed by atoms with Gasteiger partial charge in [-0.05, 0) is 99.0 Å². The van der Waals surface area contributed by atoms with E-state index in [1.54, 1.807) is 19.2 Å². The quantitative estimate of drug-likeness (QED) is 0.342. The van der Waals surface area contributed by atoms with Gasteiger partial charge in [0.05, 0.1) is 12.8 Å². The van der Waals surface area contributed by atoms with Crippen molar-refractivity contribution in [3.63, 3.8) is 0 Å². The number of piperidine rings is 1. The van der Waals surface area contributed by atoms with Crippen molar-refractivity contribution in [1.82, 2.24) is 14.7 Å². The van der Waals surface area contributed by atoms with E-state index in [2.05, 4.69) is 34.7 Å². The number of aliphatic carboxylic acids is 1. The predicted octanol–water partition coefficient (Wildman–Crippen LogP) is 6.03. The normalized spacial score (nSPS) is 21.5. The lowest BCUT2D eigenvalue weighted by molar-refractivity contribution is -0.131. The number of nitrogens with zero attached hydrogens (tertiary/aromatic N) is 3. The maximum absolute atomic E-state index is 14.0. The van der Waals surface area contributed by atoms with Crippen LogP contribution < -0.4 is 4.74 Å². The number of methoxy groups -OCH3 is 1. The molecule has 2 heterocycles. The van der Waals surface area contributed by atoms with Crippen LogP contribution in [0.4, 0.5) is 4.39 Å². The van der Waals surface area contributed by atoms with Gasteiger partial charge in [0.15, 0.2) is 0 Å². The van der Waals surface area contributed by atoms with E-state index in [0.717, 1.165) is 74.4 Å². The van der Waals surface area contributed by atoms with Gasteiger partial charge >= 0.3 is 5.97 Å². The van der Waals surface area contributed by atoms with E-state index in [1.807, 2.05) is 18.2 Å². The van der Waals surface area contributed by atoms with Crippen LogP contribution in [-0.2, 0) is 17.8 Å². The van der Waals surface area contributed by atoms with Gasteiger partial charge in [-0.25, -0.2) is 9.18 Å². The fourth-order valence-electron chi connectivity index (χ4n) is 6.47. The number of benzene rings is 2. The number of carboxylic acids is 1. The fourth-order valence-corrected chi connectivity index (χ4v) is 6.47. The standard InChI is InChI=1S/C32H38FN3O3/c1-3-36-31(20-28(34-36)16-22-7-9-29(39-2)10-8-22)24-11-13-35(14-12-24)21-26-15-23(18-32(37)38)17-30(26)25-5-4-6-27(33)19-25/h4-10,18-20,24,26,30H,3,11-17,21H2,1-2H3,(H,37,38). The third-order valence-electron chi connectivity index (χ3n) is 8.38. The number of aromatic nitrogens is 2. The van der Waals surface area contributed by atoms with E-state index in [-0.39, 0.29) is 17.7 Å². The van der Waals surface area contributed by atoms with Crippen molar-refractivity contribution >= 4 is 5.97 Å². The Labute approximate surface area is 230 Å². The minimum atomic E-state index is -0.900. The molecule has 1 saturated carbocycles. The summed E-state index contributed by atoms with van der Waals surface area (Å²) in [7, 11) is 1.68. The third-order valence-corrected chi connectivity index (χ3v) is 8.38. The number of allylic oxidation sites excluding steroid dienone is 1. The molecular formula is C32H38FN3O3. The molecule has 206 valence electrons. The summed E-state index contributed by atoms with van der Waals surface area (Å²) in [5.41, 5.74) is 5.57. The Kier molecular flexibility index (Phi) is 8.46. The molecule has 6 nitrogen and oxygen atoms in total. The van der Waals surface area contributed by atoms with Crippen molar-refractivity contribution in [2.45, 2.75) is 57.4 Å². The molecule has 5 rings (SSSR count). The van der Waals surface area contributed by atoms with Crippen LogP contribution in [0, 0.1) is 11.7 Å². The number of ether oxygens (including phenoxy) is 1. The number of rotatable bonds is 9. The predicted molar refractivity (Wildman–Crippen MR) is 150 cm³/mol. The summed E-state index contributed by atoms with van der Waals surface area (Å²) < 4.78 is 21.4. The van der Waals surface area contributed by atoms with Crippen molar-refractivity contribution < 1.29 is 19.0 Å². The second-order valence-electron chi connectivity index (χ2n) is 10.9. The smallest absolute Gasteiger partial charge is 0.328 e. The van der Waals surface area contributed by atoms with Gasteiger partial charge in [0.2, 0.25) is 0 Å². The summed E-state index contributed by atoms with van der Waals surface area (Å²) in [4.78, 5) is 13.9. The van der Waals surface area contributed by atoms with E-state index < -0.39 is 5.97 Å². The number of carbonyl (C=O) groups is 1. The van der Waals surface area contributed by atoms with Crippen molar-refractivity contribution in [2.75, 3.05) is 26.7 Å². The van der Waals surface area contributed by atoms with E-state index >= 15 is 0 Å². The average Bonchev–Trinajstić information content (AvgIpc) is 3.52. The minimum absolute atomic E-state index is 0.144. The first-order chi connectivity index (χ1) is 18.9. The van der Waals surface area contributed by atoms with Crippen LogP contribution in [0.1, 0.15) is 67.0 Å². The van der Waals surface area contributed by atoms with Crippen LogP contribution in [0.25, 0.3) is 0 Å². The molecule has 2 fully saturated rings. The Hall–Kier alpha value is -3.45. The molecule has 3 aromatic rings. The van der Waals surface area contributed by atoms with Gasteiger partial charge in [0, 0.05) is 37.2 Å². The summed E-state index contributed by atoms with van der Waals surface area (Å²) in [6.45, 7) is 5.90. The van der Waals surface area contributed by atoms with Gasteiger partial charge in [-0.1, -0.05) is 29.8 Å². The lowest BCUT2D eigenvalue weighted by atomic mass is 9.87. The first kappa shape index (κ1) is 27.1. The molecule has 1 aliphatic carbocycles.